The van der Waals surface area contributed by atoms with Gasteiger partial charge in [0.2, 0.25) is 0 Å². The highest BCUT2D eigenvalue weighted by Gasteiger charge is 2.36. The number of nitrogens with two attached hydrogens (primary N) is 1. The quantitative estimate of drug-likeness (QED) is 0.826. The number of carbonyl (C=O) groups is 1. The molecular weight excluding hydrogens is 282 g/mol. The van der Waals surface area contributed by atoms with Crippen molar-refractivity contribution in [3.05, 3.63) is 21.4 Å². The van der Waals surface area contributed by atoms with E-state index in [9.17, 15) is 4.79 Å². The number of ether oxygens (including phenoxy) is 1. The summed E-state index contributed by atoms with van der Waals surface area (Å²) >= 11 is 1.81. The first-order chi connectivity index (χ1) is 9.96. The van der Waals surface area contributed by atoms with Gasteiger partial charge in [0.1, 0.15) is 0 Å². The van der Waals surface area contributed by atoms with Gasteiger partial charge in [-0.3, -0.25) is 4.79 Å². The Hall–Kier alpha value is -0.870. The van der Waals surface area contributed by atoms with Crippen LogP contribution in [0.25, 0.3) is 0 Å². The fourth-order valence-electron chi connectivity index (χ4n) is 3.73. The summed E-state index contributed by atoms with van der Waals surface area (Å²) in [5.74, 6) is -0.0951. The third-order valence-electron chi connectivity index (χ3n) is 4.79. The monoisotopic (exact) mass is 309 g/mol. The van der Waals surface area contributed by atoms with Gasteiger partial charge in [0.15, 0.2) is 0 Å². The zero-order valence-electron chi connectivity index (χ0n) is 13.4. The number of hydrogen-bond donors (Lipinski definition) is 1. The van der Waals surface area contributed by atoms with Crippen molar-refractivity contribution in [1.29, 1.82) is 0 Å². The Morgan fingerprint density at radius 2 is 2.05 bits per heavy atom. The first-order valence-electron chi connectivity index (χ1n) is 7.85. The van der Waals surface area contributed by atoms with E-state index in [2.05, 4.69) is 19.9 Å². The fourth-order valence-corrected chi connectivity index (χ4v) is 4.73. The first-order valence-corrected chi connectivity index (χ1v) is 8.67. The lowest BCUT2D eigenvalue weighted by molar-refractivity contribution is -0.144. The molecule has 0 bridgehead atoms. The van der Waals surface area contributed by atoms with E-state index in [-0.39, 0.29) is 17.4 Å². The number of thiophene rings is 1. The molecule has 0 aromatic carbocycles. The van der Waals surface area contributed by atoms with Crippen LogP contribution in [-0.2, 0) is 9.53 Å². The molecule has 21 heavy (non-hydrogen) atoms. The standard InChI is InChI=1S/C17H27NO2S/c1-12-9-14(13(2)21-12)15(18)10-17(11-16(19)20-3)7-5-4-6-8-17/h9,15H,4-8,10-11,18H2,1-3H3. The number of carbonyl (C=O) groups excluding carboxylic acids is 1. The first kappa shape index (κ1) is 16.5. The van der Waals surface area contributed by atoms with Crippen LogP contribution < -0.4 is 5.73 Å². The highest BCUT2D eigenvalue weighted by atomic mass is 32.1. The lowest BCUT2D eigenvalue weighted by Crippen LogP contribution is -2.32. The molecular formula is C17H27NO2S. The van der Waals surface area contributed by atoms with Gasteiger partial charge >= 0.3 is 5.97 Å². The fraction of sp³-hybridized carbons (Fsp3) is 0.706. The van der Waals surface area contributed by atoms with E-state index in [1.165, 1.54) is 41.7 Å². The molecule has 1 fully saturated rings. The van der Waals surface area contributed by atoms with Crippen molar-refractivity contribution in [2.75, 3.05) is 7.11 Å². The summed E-state index contributed by atoms with van der Waals surface area (Å²) in [7, 11) is 1.48. The molecule has 0 spiro atoms. The van der Waals surface area contributed by atoms with Crippen molar-refractivity contribution < 1.29 is 9.53 Å². The minimum absolute atomic E-state index is 0.0257. The van der Waals surface area contributed by atoms with Crippen LogP contribution in [0.4, 0.5) is 0 Å². The van der Waals surface area contributed by atoms with Crippen LogP contribution in [0.2, 0.25) is 0 Å². The molecule has 0 radical (unpaired) electrons. The maximum absolute atomic E-state index is 11.8. The molecule has 1 atom stereocenters. The van der Waals surface area contributed by atoms with Crippen LogP contribution in [0.1, 0.15) is 66.3 Å². The molecule has 1 unspecified atom stereocenters. The maximum Gasteiger partial charge on any atom is 0.306 e. The van der Waals surface area contributed by atoms with Crippen molar-refractivity contribution in [3.8, 4) is 0 Å². The minimum Gasteiger partial charge on any atom is -0.469 e. The molecule has 2 N–H and O–H groups in total. The van der Waals surface area contributed by atoms with E-state index < -0.39 is 0 Å². The van der Waals surface area contributed by atoms with Gasteiger partial charge in [0, 0.05) is 15.8 Å². The molecule has 4 heteroatoms. The van der Waals surface area contributed by atoms with E-state index in [4.69, 9.17) is 10.5 Å². The highest BCUT2D eigenvalue weighted by Crippen LogP contribution is 2.46. The van der Waals surface area contributed by atoms with Gasteiger partial charge in [0.25, 0.3) is 0 Å². The summed E-state index contributed by atoms with van der Waals surface area (Å²) in [6, 6.07) is 2.23. The van der Waals surface area contributed by atoms with Crippen molar-refractivity contribution >= 4 is 17.3 Å². The van der Waals surface area contributed by atoms with Crippen LogP contribution in [-0.4, -0.2) is 13.1 Å². The Balaban J connectivity index is 2.14. The molecule has 0 saturated heterocycles. The molecule has 1 aliphatic carbocycles. The largest absolute Gasteiger partial charge is 0.469 e. The van der Waals surface area contributed by atoms with Crippen molar-refractivity contribution in [3.63, 3.8) is 0 Å². The lowest BCUT2D eigenvalue weighted by atomic mass is 9.67. The Labute approximate surface area is 131 Å². The van der Waals surface area contributed by atoms with Crippen LogP contribution in [0.3, 0.4) is 0 Å². The minimum atomic E-state index is -0.0951. The number of aryl methyl sites for hydroxylation is 2. The summed E-state index contributed by atoms with van der Waals surface area (Å²) in [6.07, 6.45) is 7.26. The molecule has 1 aromatic heterocycles. The van der Waals surface area contributed by atoms with E-state index in [0.717, 1.165) is 19.3 Å². The molecule has 2 rings (SSSR count). The van der Waals surface area contributed by atoms with Crippen molar-refractivity contribution in [1.82, 2.24) is 0 Å². The predicted octanol–water partition coefficient (Wildman–Crippen LogP) is 4.27. The van der Waals surface area contributed by atoms with Gasteiger partial charge in [-0.05, 0) is 50.2 Å². The predicted molar refractivity (Wildman–Crippen MR) is 87.5 cm³/mol. The smallest absolute Gasteiger partial charge is 0.306 e. The van der Waals surface area contributed by atoms with Gasteiger partial charge in [-0.2, -0.15) is 0 Å². The third-order valence-corrected chi connectivity index (χ3v) is 5.77. The Bertz CT molecular complexity index is 489. The Morgan fingerprint density at radius 3 is 2.57 bits per heavy atom. The molecule has 0 amide bonds. The third kappa shape index (κ3) is 4.07. The van der Waals surface area contributed by atoms with Crippen molar-refractivity contribution in [2.45, 2.75) is 64.8 Å². The van der Waals surface area contributed by atoms with Gasteiger partial charge in [0.05, 0.1) is 13.5 Å². The number of esters is 1. The normalized spacial score (nSPS) is 19.2. The zero-order chi connectivity index (χ0) is 15.5. The SMILES string of the molecule is COC(=O)CC1(CC(N)c2cc(C)sc2C)CCCCC1. The summed E-state index contributed by atoms with van der Waals surface area (Å²) < 4.78 is 4.92. The zero-order valence-corrected chi connectivity index (χ0v) is 14.2. The second-order valence-corrected chi connectivity index (χ2v) is 7.95. The van der Waals surface area contributed by atoms with Crippen LogP contribution in [0.5, 0.6) is 0 Å². The maximum atomic E-state index is 11.8. The Kier molecular flexibility index (Phi) is 5.44. The molecule has 1 aliphatic rings. The second kappa shape index (κ2) is 6.93. The number of hydrogen-bond acceptors (Lipinski definition) is 4. The summed E-state index contributed by atoms with van der Waals surface area (Å²) in [5, 5.41) is 0. The molecule has 3 nitrogen and oxygen atoms in total. The molecule has 1 heterocycles. The molecule has 1 saturated carbocycles. The lowest BCUT2D eigenvalue weighted by Gasteiger charge is -2.38. The van der Waals surface area contributed by atoms with E-state index in [1.54, 1.807) is 11.3 Å². The average molecular weight is 309 g/mol. The Morgan fingerprint density at radius 1 is 1.38 bits per heavy atom. The molecule has 0 aliphatic heterocycles. The van der Waals surface area contributed by atoms with Gasteiger partial charge in [-0.15, -0.1) is 11.3 Å². The van der Waals surface area contributed by atoms with Gasteiger partial charge < -0.3 is 10.5 Å². The molecule has 118 valence electrons. The van der Waals surface area contributed by atoms with Crippen LogP contribution >= 0.6 is 11.3 Å². The van der Waals surface area contributed by atoms with E-state index in [1.807, 2.05) is 0 Å². The number of methoxy groups -OCH3 is 1. The number of rotatable bonds is 5. The van der Waals surface area contributed by atoms with Crippen LogP contribution in [0, 0.1) is 19.3 Å². The highest BCUT2D eigenvalue weighted by molar-refractivity contribution is 7.12. The van der Waals surface area contributed by atoms with Crippen molar-refractivity contribution in [2.24, 2.45) is 11.1 Å². The van der Waals surface area contributed by atoms with Gasteiger partial charge in [-0.1, -0.05) is 19.3 Å². The molecule has 1 aromatic rings. The van der Waals surface area contributed by atoms with E-state index >= 15 is 0 Å². The topological polar surface area (TPSA) is 52.3 Å². The average Bonchev–Trinajstić information content (AvgIpc) is 2.78. The summed E-state index contributed by atoms with van der Waals surface area (Å²) in [5.41, 5.74) is 7.79. The second-order valence-electron chi connectivity index (χ2n) is 6.49. The summed E-state index contributed by atoms with van der Waals surface area (Å²) in [4.78, 5) is 14.4. The summed E-state index contributed by atoms with van der Waals surface area (Å²) in [6.45, 7) is 4.26. The van der Waals surface area contributed by atoms with Crippen LogP contribution in [0.15, 0.2) is 6.07 Å². The van der Waals surface area contributed by atoms with E-state index in [0.29, 0.717) is 6.42 Å². The van der Waals surface area contributed by atoms with Gasteiger partial charge in [-0.25, -0.2) is 0 Å².